The molecule has 1 unspecified atom stereocenters. The normalized spacial score (nSPS) is 19.6. The van der Waals surface area contributed by atoms with Crippen LogP contribution in [-0.4, -0.2) is 62.0 Å². The molecule has 1 atom stereocenters. The second-order valence-electron chi connectivity index (χ2n) is 4.46. The smallest absolute Gasteiger partial charge is 0.323 e. The fraction of sp³-hybridized carbons (Fsp3) is 0.500. The van der Waals surface area contributed by atoms with Crippen molar-refractivity contribution in [3.63, 3.8) is 0 Å². The van der Waals surface area contributed by atoms with Crippen LogP contribution in [0.25, 0.3) is 0 Å². The Kier molecular flexibility index (Phi) is 5.20. The predicted molar refractivity (Wildman–Crippen MR) is 72.3 cm³/mol. The quantitative estimate of drug-likeness (QED) is 0.834. The molecule has 0 spiro atoms. The number of nitrogens with zero attached hydrogens (tertiary/aromatic N) is 1. The van der Waals surface area contributed by atoms with Crippen LogP contribution in [0.2, 0.25) is 0 Å². The van der Waals surface area contributed by atoms with Gasteiger partial charge in [0, 0.05) is 13.1 Å². The van der Waals surface area contributed by atoms with Gasteiger partial charge in [-0.2, -0.15) is 0 Å². The van der Waals surface area contributed by atoms with Gasteiger partial charge in [-0.3, -0.25) is 9.69 Å². The van der Waals surface area contributed by atoms with E-state index in [4.69, 9.17) is 19.3 Å². The minimum Gasteiger partial charge on any atom is -0.493 e. The third-order valence-electron chi connectivity index (χ3n) is 3.23. The van der Waals surface area contributed by atoms with Gasteiger partial charge in [-0.05, 0) is 12.1 Å². The molecule has 1 N–H and O–H groups in total. The number of carboxylic acids is 1. The summed E-state index contributed by atoms with van der Waals surface area (Å²) in [6, 6.07) is 6.79. The first-order valence-electron chi connectivity index (χ1n) is 6.53. The molecule has 1 aromatic rings. The molecule has 1 aliphatic rings. The van der Waals surface area contributed by atoms with Crippen LogP contribution in [-0.2, 0) is 9.53 Å². The summed E-state index contributed by atoms with van der Waals surface area (Å²) < 4.78 is 16.0. The van der Waals surface area contributed by atoms with Crippen LogP contribution >= 0.6 is 0 Å². The van der Waals surface area contributed by atoms with Gasteiger partial charge in [-0.1, -0.05) is 12.1 Å². The van der Waals surface area contributed by atoms with Gasteiger partial charge in [0.1, 0.15) is 12.6 Å². The number of benzene rings is 1. The Bertz CT molecular complexity index is 451. The highest BCUT2D eigenvalue weighted by Crippen LogP contribution is 2.25. The van der Waals surface area contributed by atoms with E-state index in [2.05, 4.69) is 0 Å². The topological polar surface area (TPSA) is 68.2 Å². The second-order valence-corrected chi connectivity index (χ2v) is 4.46. The van der Waals surface area contributed by atoms with Crippen LogP contribution in [0.3, 0.4) is 0 Å². The number of methoxy groups -OCH3 is 1. The molecular formula is C14H19NO5. The van der Waals surface area contributed by atoms with E-state index in [0.717, 1.165) is 0 Å². The van der Waals surface area contributed by atoms with E-state index < -0.39 is 12.0 Å². The molecule has 6 heteroatoms. The largest absolute Gasteiger partial charge is 0.493 e. The van der Waals surface area contributed by atoms with Crippen molar-refractivity contribution in [1.82, 2.24) is 4.90 Å². The van der Waals surface area contributed by atoms with Crippen LogP contribution < -0.4 is 9.47 Å². The summed E-state index contributed by atoms with van der Waals surface area (Å²) in [7, 11) is 1.59. The lowest BCUT2D eigenvalue weighted by Gasteiger charge is -2.32. The maximum absolute atomic E-state index is 11.1. The molecular weight excluding hydrogens is 262 g/mol. The van der Waals surface area contributed by atoms with E-state index in [-0.39, 0.29) is 6.61 Å². The Hall–Kier alpha value is -1.79. The predicted octanol–water partition coefficient (Wildman–Crippen LogP) is 0.859. The monoisotopic (exact) mass is 281 g/mol. The van der Waals surface area contributed by atoms with Gasteiger partial charge < -0.3 is 19.3 Å². The summed E-state index contributed by atoms with van der Waals surface area (Å²) in [5.41, 5.74) is 0. The summed E-state index contributed by atoms with van der Waals surface area (Å²) in [5.74, 6) is 0.474. The highest BCUT2D eigenvalue weighted by molar-refractivity contribution is 5.73. The number of ether oxygens (including phenoxy) is 3. The van der Waals surface area contributed by atoms with E-state index in [0.29, 0.717) is 37.8 Å². The minimum atomic E-state index is -0.859. The van der Waals surface area contributed by atoms with Crippen molar-refractivity contribution in [2.45, 2.75) is 6.04 Å². The molecule has 0 aliphatic carbocycles. The zero-order valence-electron chi connectivity index (χ0n) is 11.4. The molecule has 0 aromatic heterocycles. The molecule has 0 amide bonds. The first-order valence-corrected chi connectivity index (χ1v) is 6.53. The van der Waals surface area contributed by atoms with Gasteiger partial charge in [0.2, 0.25) is 0 Å². The van der Waals surface area contributed by atoms with E-state index in [1.807, 2.05) is 29.2 Å². The molecule has 6 nitrogen and oxygen atoms in total. The lowest BCUT2D eigenvalue weighted by atomic mass is 10.2. The standard InChI is InChI=1S/C14H19NO5/c1-18-12-4-2-3-5-13(12)20-9-7-15-6-8-19-10-11(15)14(16)17/h2-5,11H,6-10H2,1H3,(H,16,17). The number of aliphatic carboxylic acids is 1. The van der Waals surface area contributed by atoms with Crippen molar-refractivity contribution in [3.8, 4) is 11.5 Å². The number of para-hydroxylation sites is 2. The maximum Gasteiger partial charge on any atom is 0.323 e. The van der Waals surface area contributed by atoms with Crippen LogP contribution in [0.4, 0.5) is 0 Å². The van der Waals surface area contributed by atoms with E-state index in [9.17, 15) is 4.79 Å². The molecule has 110 valence electrons. The van der Waals surface area contributed by atoms with Gasteiger partial charge in [0.05, 0.1) is 20.3 Å². The molecule has 1 fully saturated rings. The Labute approximate surface area is 117 Å². The minimum absolute atomic E-state index is 0.226. The van der Waals surface area contributed by atoms with Crippen molar-refractivity contribution in [2.24, 2.45) is 0 Å². The zero-order valence-corrected chi connectivity index (χ0v) is 11.4. The van der Waals surface area contributed by atoms with Crippen LogP contribution in [0.5, 0.6) is 11.5 Å². The molecule has 1 saturated heterocycles. The van der Waals surface area contributed by atoms with Crippen LogP contribution in [0.1, 0.15) is 0 Å². The first-order chi connectivity index (χ1) is 9.72. The first kappa shape index (κ1) is 14.6. The van der Waals surface area contributed by atoms with Crippen molar-refractivity contribution in [2.75, 3.05) is 40.0 Å². The molecule has 1 heterocycles. The molecule has 2 rings (SSSR count). The van der Waals surface area contributed by atoms with Crippen molar-refractivity contribution in [1.29, 1.82) is 0 Å². The number of hydrogen-bond donors (Lipinski definition) is 1. The summed E-state index contributed by atoms with van der Waals surface area (Å²) in [6.07, 6.45) is 0. The zero-order chi connectivity index (χ0) is 14.4. The number of rotatable bonds is 6. The lowest BCUT2D eigenvalue weighted by Crippen LogP contribution is -2.51. The third-order valence-corrected chi connectivity index (χ3v) is 3.23. The Morgan fingerprint density at radius 3 is 2.90 bits per heavy atom. The average molecular weight is 281 g/mol. The van der Waals surface area contributed by atoms with Crippen molar-refractivity contribution in [3.05, 3.63) is 24.3 Å². The lowest BCUT2D eigenvalue weighted by molar-refractivity contribution is -0.149. The fourth-order valence-electron chi connectivity index (χ4n) is 2.14. The summed E-state index contributed by atoms with van der Waals surface area (Å²) >= 11 is 0. The Balaban J connectivity index is 1.86. The SMILES string of the molecule is COc1ccccc1OCCN1CCOCC1C(=O)O. The second kappa shape index (κ2) is 7.12. The summed E-state index contributed by atoms with van der Waals surface area (Å²) in [4.78, 5) is 13.0. The van der Waals surface area contributed by atoms with Crippen molar-refractivity contribution >= 4 is 5.97 Å². The van der Waals surface area contributed by atoms with Gasteiger partial charge in [-0.15, -0.1) is 0 Å². The van der Waals surface area contributed by atoms with Gasteiger partial charge in [0.25, 0.3) is 0 Å². The molecule has 0 bridgehead atoms. The van der Waals surface area contributed by atoms with E-state index in [1.165, 1.54) is 0 Å². The highest BCUT2D eigenvalue weighted by Gasteiger charge is 2.28. The molecule has 0 radical (unpaired) electrons. The Morgan fingerprint density at radius 2 is 2.20 bits per heavy atom. The van der Waals surface area contributed by atoms with Gasteiger partial charge >= 0.3 is 5.97 Å². The fourth-order valence-corrected chi connectivity index (χ4v) is 2.14. The number of carboxylic acid groups (broad SMARTS) is 1. The average Bonchev–Trinajstić information content (AvgIpc) is 2.48. The maximum atomic E-state index is 11.1. The van der Waals surface area contributed by atoms with E-state index >= 15 is 0 Å². The molecule has 0 saturated carbocycles. The number of hydrogen-bond acceptors (Lipinski definition) is 5. The number of carbonyl (C=O) groups is 1. The molecule has 20 heavy (non-hydrogen) atoms. The Morgan fingerprint density at radius 1 is 1.45 bits per heavy atom. The van der Waals surface area contributed by atoms with Crippen molar-refractivity contribution < 1.29 is 24.1 Å². The van der Waals surface area contributed by atoms with Gasteiger partial charge in [0.15, 0.2) is 11.5 Å². The molecule has 1 aromatic carbocycles. The van der Waals surface area contributed by atoms with E-state index in [1.54, 1.807) is 7.11 Å². The summed E-state index contributed by atoms with van der Waals surface area (Å²) in [6.45, 7) is 2.33. The van der Waals surface area contributed by atoms with Gasteiger partial charge in [-0.25, -0.2) is 0 Å². The van der Waals surface area contributed by atoms with Crippen LogP contribution in [0, 0.1) is 0 Å². The number of morpholine rings is 1. The summed E-state index contributed by atoms with van der Waals surface area (Å²) in [5, 5.41) is 9.12. The molecule has 1 aliphatic heterocycles. The third kappa shape index (κ3) is 3.61. The highest BCUT2D eigenvalue weighted by atomic mass is 16.5. The van der Waals surface area contributed by atoms with Crippen LogP contribution in [0.15, 0.2) is 24.3 Å².